The fraction of sp³-hybridized carbons (Fsp3) is 0.429. The molecule has 0 bridgehead atoms. The number of carbonyl (C=O) groups is 2. The first-order chi connectivity index (χ1) is 19.0. The molecule has 210 valence electrons. The molecule has 1 aromatic carbocycles. The number of hydrogen-bond donors (Lipinski definition) is 1. The Hall–Kier alpha value is -3.66. The van der Waals surface area contributed by atoms with E-state index in [-0.39, 0.29) is 6.54 Å². The Balaban J connectivity index is 1.24. The second-order valence-electron chi connectivity index (χ2n) is 10.7. The molecule has 0 aliphatic carbocycles. The van der Waals surface area contributed by atoms with Crippen LogP contribution in [0.25, 0.3) is 30.9 Å². The minimum atomic E-state index is -0.882. The van der Waals surface area contributed by atoms with Crippen LogP contribution in [0.5, 0.6) is 0 Å². The van der Waals surface area contributed by atoms with Gasteiger partial charge in [-0.05, 0) is 63.1 Å². The van der Waals surface area contributed by atoms with E-state index in [1.54, 1.807) is 56.6 Å². The van der Waals surface area contributed by atoms with Gasteiger partial charge in [-0.3, -0.25) is 9.36 Å². The van der Waals surface area contributed by atoms with Crippen LogP contribution in [0.2, 0.25) is 0 Å². The molecule has 0 radical (unpaired) electrons. The van der Waals surface area contributed by atoms with Crippen LogP contribution in [0.15, 0.2) is 39.5 Å². The van der Waals surface area contributed by atoms with Crippen molar-refractivity contribution in [2.45, 2.75) is 51.4 Å². The number of aryl methyl sites for hydroxylation is 1. The molecular formula is C28H30N4O6S2. The summed E-state index contributed by atoms with van der Waals surface area (Å²) in [5, 5.41) is 12.6. The van der Waals surface area contributed by atoms with Crippen molar-refractivity contribution in [1.82, 2.24) is 14.8 Å². The van der Waals surface area contributed by atoms with E-state index in [1.165, 1.54) is 9.47 Å². The zero-order chi connectivity index (χ0) is 28.6. The summed E-state index contributed by atoms with van der Waals surface area (Å²) >= 11 is 3.20. The average Bonchev–Trinajstić information content (AvgIpc) is 3.45. The van der Waals surface area contributed by atoms with Gasteiger partial charge in [-0.25, -0.2) is 9.59 Å². The summed E-state index contributed by atoms with van der Waals surface area (Å²) in [6.07, 6.45) is -0.422. The summed E-state index contributed by atoms with van der Waals surface area (Å²) < 4.78 is 20.0. The molecule has 2 amide bonds. The number of rotatable bonds is 5. The third-order valence-corrected chi connectivity index (χ3v) is 8.80. The molecule has 40 heavy (non-hydrogen) atoms. The summed E-state index contributed by atoms with van der Waals surface area (Å²) in [5.41, 5.74) is 1.63. The smallest absolute Gasteiger partial charge is 0.419 e. The molecule has 12 heteroatoms. The Morgan fingerprint density at radius 3 is 2.73 bits per heavy atom. The third kappa shape index (κ3) is 6.06. The van der Waals surface area contributed by atoms with Crippen LogP contribution < -0.4 is 11.1 Å². The van der Waals surface area contributed by atoms with Gasteiger partial charge in [0, 0.05) is 45.8 Å². The highest BCUT2D eigenvalue weighted by atomic mass is 32.1. The van der Waals surface area contributed by atoms with Crippen LogP contribution >= 0.6 is 22.7 Å². The number of aromatic nitrogens is 1. The summed E-state index contributed by atoms with van der Waals surface area (Å²) in [4.78, 5) is 40.9. The second-order valence-corrected chi connectivity index (χ2v) is 12.9. The molecule has 0 saturated carbocycles. The quantitative estimate of drug-likeness (QED) is 0.363. The topological polar surface area (TPSA) is 127 Å². The molecule has 0 unspecified atom stereocenters. The van der Waals surface area contributed by atoms with Crippen LogP contribution in [0, 0.1) is 11.3 Å². The van der Waals surface area contributed by atoms with Crippen LogP contribution in [-0.4, -0.2) is 58.9 Å². The van der Waals surface area contributed by atoms with E-state index in [9.17, 15) is 19.6 Å². The molecule has 4 aromatic rings. The summed E-state index contributed by atoms with van der Waals surface area (Å²) in [7, 11) is 1.68. The minimum Gasteiger partial charge on any atom is -0.444 e. The first-order valence-corrected chi connectivity index (χ1v) is 14.6. The number of benzene rings is 1. The zero-order valence-corrected chi connectivity index (χ0v) is 24.3. The number of nitriles is 1. The molecule has 2 atom stereocenters. The predicted molar refractivity (Wildman–Crippen MR) is 154 cm³/mol. The number of amides is 2. The number of carbonyl (C=O) groups excluding carboxylic acids is 2. The lowest BCUT2D eigenvalue weighted by Crippen LogP contribution is -2.48. The average molecular weight is 583 g/mol. The lowest BCUT2D eigenvalue weighted by Gasteiger charge is -2.27. The third-order valence-electron chi connectivity index (χ3n) is 6.43. The number of oxazole rings is 1. The second kappa shape index (κ2) is 11.1. The van der Waals surface area contributed by atoms with E-state index in [1.807, 2.05) is 18.2 Å². The van der Waals surface area contributed by atoms with E-state index < -0.39 is 35.5 Å². The van der Waals surface area contributed by atoms with Crippen molar-refractivity contribution >= 4 is 55.2 Å². The van der Waals surface area contributed by atoms with E-state index in [0.29, 0.717) is 31.6 Å². The van der Waals surface area contributed by atoms with E-state index in [4.69, 9.17) is 13.9 Å². The fourth-order valence-corrected chi connectivity index (χ4v) is 6.94. The maximum atomic E-state index is 13.0. The van der Waals surface area contributed by atoms with E-state index >= 15 is 0 Å². The highest BCUT2D eigenvalue weighted by Gasteiger charge is 2.31. The van der Waals surface area contributed by atoms with Gasteiger partial charge >= 0.3 is 11.8 Å². The summed E-state index contributed by atoms with van der Waals surface area (Å²) in [6, 6.07) is 11.3. The number of nitrogens with one attached hydrogen (secondary N) is 1. The molecule has 1 fully saturated rings. The Morgan fingerprint density at radius 2 is 2.00 bits per heavy atom. The Morgan fingerprint density at radius 1 is 1.23 bits per heavy atom. The van der Waals surface area contributed by atoms with Gasteiger partial charge in [0.15, 0.2) is 11.7 Å². The van der Waals surface area contributed by atoms with Gasteiger partial charge in [0.1, 0.15) is 11.6 Å². The monoisotopic (exact) mass is 582 g/mol. The highest BCUT2D eigenvalue weighted by Crippen LogP contribution is 2.39. The van der Waals surface area contributed by atoms with Crippen molar-refractivity contribution in [3.8, 4) is 16.5 Å². The molecule has 10 nitrogen and oxygen atoms in total. The molecule has 4 heterocycles. The number of nitrogens with zero attached hydrogens (tertiary/aromatic N) is 3. The largest absolute Gasteiger partial charge is 0.444 e. The SMILES string of the molecule is Cn1c(=O)oc2ccc(-c3cc4sc(C[C@@H](C#N)NC(=O)[C@@H]5CN(C(=O)OC(C)(C)C)CCCO5)cc4s3)cc21. The number of hydrogen-bond acceptors (Lipinski definition) is 9. The number of thiophene rings is 2. The van der Waals surface area contributed by atoms with Crippen LogP contribution in [0.4, 0.5) is 4.79 Å². The van der Waals surface area contributed by atoms with Gasteiger partial charge in [-0.2, -0.15) is 5.26 Å². The van der Waals surface area contributed by atoms with Crippen LogP contribution in [0.3, 0.4) is 0 Å². The molecule has 5 rings (SSSR count). The minimum absolute atomic E-state index is 0.0647. The van der Waals surface area contributed by atoms with Crippen molar-refractivity contribution in [3.63, 3.8) is 0 Å². The number of fused-ring (bicyclic) bond motifs is 2. The Kier molecular flexibility index (Phi) is 7.72. The molecule has 1 N–H and O–H groups in total. The molecule has 1 saturated heterocycles. The van der Waals surface area contributed by atoms with Gasteiger partial charge in [0.05, 0.1) is 18.1 Å². The Bertz CT molecular complexity index is 1640. The van der Waals surface area contributed by atoms with Gasteiger partial charge in [0.25, 0.3) is 5.91 Å². The standard InChI is InChI=1S/C28H30N4O6S2/c1-28(2,3)38-27(35)32-8-5-9-36-21(15-32)25(33)30-17(14-29)11-18-12-23-24(39-18)13-22(40-23)16-6-7-20-19(10-16)31(4)26(34)37-20/h6-7,10,12-13,17,21H,5,8-9,11,15H2,1-4H3,(H,30,33)/t17-,21-/m0/s1. The highest BCUT2D eigenvalue weighted by molar-refractivity contribution is 7.29. The number of ether oxygens (including phenoxy) is 2. The molecule has 1 aliphatic rings. The van der Waals surface area contributed by atoms with Crippen LogP contribution in [-0.2, 0) is 27.7 Å². The van der Waals surface area contributed by atoms with Gasteiger partial charge < -0.3 is 24.1 Å². The van der Waals surface area contributed by atoms with Gasteiger partial charge in [0.2, 0.25) is 0 Å². The fourth-order valence-electron chi connectivity index (χ4n) is 4.48. The van der Waals surface area contributed by atoms with Crippen LogP contribution in [0.1, 0.15) is 32.1 Å². The maximum absolute atomic E-state index is 13.0. The molecule has 0 spiro atoms. The molecular weight excluding hydrogens is 552 g/mol. The predicted octanol–water partition coefficient (Wildman–Crippen LogP) is 4.65. The summed E-state index contributed by atoms with van der Waals surface area (Å²) in [6.45, 7) is 6.21. The first-order valence-electron chi connectivity index (χ1n) is 12.9. The normalized spacial score (nSPS) is 17.0. The lowest BCUT2D eigenvalue weighted by molar-refractivity contribution is -0.133. The Labute approximate surface area is 238 Å². The molecule has 3 aromatic heterocycles. The maximum Gasteiger partial charge on any atom is 0.419 e. The summed E-state index contributed by atoms with van der Waals surface area (Å²) in [5.74, 6) is -0.819. The van der Waals surface area contributed by atoms with Gasteiger partial charge in [-0.15, -0.1) is 22.7 Å². The van der Waals surface area contributed by atoms with Crippen molar-refractivity contribution in [1.29, 1.82) is 5.26 Å². The van der Waals surface area contributed by atoms with Crippen molar-refractivity contribution in [2.24, 2.45) is 7.05 Å². The van der Waals surface area contributed by atoms with Crippen molar-refractivity contribution < 1.29 is 23.5 Å². The van der Waals surface area contributed by atoms with E-state index in [0.717, 1.165) is 30.2 Å². The van der Waals surface area contributed by atoms with Crippen molar-refractivity contribution in [2.75, 3.05) is 19.7 Å². The van der Waals surface area contributed by atoms with E-state index in [2.05, 4.69) is 17.5 Å². The van der Waals surface area contributed by atoms with Gasteiger partial charge in [-0.1, -0.05) is 0 Å². The lowest BCUT2D eigenvalue weighted by atomic mass is 10.1. The zero-order valence-electron chi connectivity index (χ0n) is 22.7. The first kappa shape index (κ1) is 27.9. The molecule has 1 aliphatic heterocycles. The van der Waals surface area contributed by atoms with Crippen molar-refractivity contribution in [3.05, 3.63) is 45.8 Å².